The molecule has 0 unspecified atom stereocenters. The number of fused-ring (bicyclic) bond motifs is 4. The van der Waals surface area contributed by atoms with Crippen LogP contribution in [0.1, 0.15) is 43.2 Å². The summed E-state index contributed by atoms with van der Waals surface area (Å²) in [6, 6.07) is 47.8. The normalized spacial score (nSPS) is 13.1. The van der Waals surface area contributed by atoms with Gasteiger partial charge in [-0.15, -0.1) is 0 Å². The molecule has 0 aliphatic heterocycles. The number of aromatic nitrogens is 2. The number of rotatable bonds is 7. The lowest BCUT2D eigenvalue weighted by Gasteiger charge is -2.27. The molecule has 8 rings (SSSR count). The minimum absolute atomic E-state index is 0.0863. The van der Waals surface area contributed by atoms with Gasteiger partial charge in [-0.25, -0.2) is 4.98 Å². The topological polar surface area (TPSA) is 21.1 Å². The van der Waals surface area contributed by atoms with Crippen molar-refractivity contribution in [3.05, 3.63) is 175 Å². The Morgan fingerprint density at radius 2 is 1.40 bits per heavy atom. The molecule has 0 saturated heterocycles. The van der Waals surface area contributed by atoms with Crippen molar-refractivity contribution in [2.24, 2.45) is 0 Å². The zero-order chi connectivity index (χ0) is 32.8. The second kappa shape index (κ2) is 11.7. The number of para-hydroxylation sites is 1. The smallest absolute Gasteiger partial charge is 0.137 e. The molecule has 0 bridgehead atoms. The quantitative estimate of drug-likeness (QED) is 0.177. The summed E-state index contributed by atoms with van der Waals surface area (Å²) >= 11 is 0. The summed E-state index contributed by atoms with van der Waals surface area (Å²) in [5.74, 6) is 0.884. The Morgan fingerprint density at radius 3 is 2.15 bits per heavy atom. The zero-order valence-electron chi connectivity index (χ0n) is 27.6. The number of pyridine rings is 1. The van der Waals surface area contributed by atoms with Crippen molar-refractivity contribution in [2.45, 2.75) is 26.2 Å². The third kappa shape index (κ3) is 4.70. The monoisotopic (exact) mass is 619 g/mol. The molecule has 0 atom stereocenters. The van der Waals surface area contributed by atoms with Crippen LogP contribution in [0.25, 0.3) is 51.0 Å². The van der Waals surface area contributed by atoms with Crippen molar-refractivity contribution in [2.75, 3.05) is 4.90 Å². The highest BCUT2D eigenvalue weighted by molar-refractivity contribution is 5.98. The molecule has 0 spiro atoms. The van der Waals surface area contributed by atoms with E-state index in [9.17, 15) is 0 Å². The largest absolute Gasteiger partial charge is 0.309 e. The molecule has 3 nitrogen and oxygen atoms in total. The highest BCUT2D eigenvalue weighted by Gasteiger charge is 2.35. The van der Waals surface area contributed by atoms with E-state index in [4.69, 9.17) is 4.98 Å². The maximum absolute atomic E-state index is 4.80. The number of allylic oxidation sites excluding steroid dienone is 1. The van der Waals surface area contributed by atoms with Crippen LogP contribution >= 0.6 is 0 Å². The summed E-state index contributed by atoms with van der Waals surface area (Å²) in [6.45, 7) is 10.9. The van der Waals surface area contributed by atoms with E-state index in [1.54, 1.807) is 0 Å². The van der Waals surface area contributed by atoms with Gasteiger partial charge >= 0.3 is 0 Å². The van der Waals surface area contributed by atoms with Crippen molar-refractivity contribution >= 4 is 40.2 Å². The van der Waals surface area contributed by atoms with Gasteiger partial charge in [0.05, 0.1) is 11.2 Å². The summed E-state index contributed by atoms with van der Waals surface area (Å²) in [6.07, 6.45) is 8.11. The van der Waals surface area contributed by atoms with Crippen LogP contribution in [0, 0.1) is 0 Å². The van der Waals surface area contributed by atoms with Crippen LogP contribution < -0.4 is 4.90 Å². The molecule has 0 N–H and O–H groups in total. The van der Waals surface area contributed by atoms with Gasteiger partial charge in [-0.3, -0.25) is 4.90 Å². The molecular weight excluding hydrogens is 583 g/mol. The Labute approximate surface area is 282 Å². The van der Waals surface area contributed by atoms with Crippen LogP contribution in [0.15, 0.2) is 152 Å². The van der Waals surface area contributed by atoms with Gasteiger partial charge in [0.15, 0.2) is 0 Å². The third-order valence-electron chi connectivity index (χ3n) is 9.75. The molecule has 0 radical (unpaired) electrons. The van der Waals surface area contributed by atoms with Gasteiger partial charge in [0.1, 0.15) is 5.82 Å². The van der Waals surface area contributed by atoms with Gasteiger partial charge in [-0.05, 0) is 107 Å². The van der Waals surface area contributed by atoms with Crippen LogP contribution in [0.3, 0.4) is 0 Å². The van der Waals surface area contributed by atoms with Gasteiger partial charge in [0, 0.05) is 39.6 Å². The van der Waals surface area contributed by atoms with Crippen molar-refractivity contribution in [1.29, 1.82) is 0 Å². The Bertz CT molecular complexity index is 2330. The molecule has 1 aliphatic carbocycles. The van der Waals surface area contributed by atoms with Gasteiger partial charge in [0.25, 0.3) is 0 Å². The summed E-state index contributed by atoms with van der Waals surface area (Å²) < 4.78 is 2.30. The van der Waals surface area contributed by atoms with Crippen LogP contribution in [-0.2, 0) is 5.41 Å². The van der Waals surface area contributed by atoms with Crippen molar-refractivity contribution in [3.63, 3.8) is 0 Å². The van der Waals surface area contributed by atoms with E-state index in [-0.39, 0.29) is 5.41 Å². The van der Waals surface area contributed by atoms with Crippen LogP contribution in [0.2, 0.25) is 0 Å². The summed E-state index contributed by atoms with van der Waals surface area (Å²) in [5.41, 5.74) is 14.3. The van der Waals surface area contributed by atoms with Gasteiger partial charge in [-0.2, -0.15) is 0 Å². The van der Waals surface area contributed by atoms with E-state index < -0.39 is 0 Å². The molecule has 48 heavy (non-hydrogen) atoms. The van der Waals surface area contributed by atoms with E-state index >= 15 is 0 Å². The average molecular weight is 620 g/mol. The van der Waals surface area contributed by atoms with E-state index in [1.807, 2.05) is 24.4 Å². The molecule has 1 aliphatic rings. The van der Waals surface area contributed by atoms with E-state index in [0.29, 0.717) is 0 Å². The fourth-order valence-electron chi connectivity index (χ4n) is 7.45. The van der Waals surface area contributed by atoms with Crippen molar-refractivity contribution in [1.82, 2.24) is 9.55 Å². The van der Waals surface area contributed by atoms with Crippen molar-refractivity contribution < 1.29 is 0 Å². The number of benzene rings is 5. The molecule has 7 aromatic rings. The lowest BCUT2D eigenvalue weighted by Crippen LogP contribution is -2.16. The molecule has 0 fully saturated rings. The highest BCUT2D eigenvalue weighted by atomic mass is 15.2. The van der Waals surface area contributed by atoms with E-state index in [2.05, 4.69) is 170 Å². The first-order valence-corrected chi connectivity index (χ1v) is 16.5. The van der Waals surface area contributed by atoms with Gasteiger partial charge in [0.2, 0.25) is 0 Å². The van der Waals surface area contributed by atoms with E-state index in [0.717, 1.165) is 39.7 Å². The number of nitrogens with zero attached hydrogens (tertiary/aromatic N) is 3. The van der Waals surface area contributed by atoms with Gasteiger partial charge < -0.3 is 4.57 Å². The Hall–Kier alpha value is -5.93. The molecule has 3 heteroatoms. The first-order chi connectivity index (χ1) is 23.5. The number of hydrogen-bond acceptors (Lipinski definition) is 2. The fourth-order valence-corrected chi connectivity index (χ4v) is 7.45. The molecule has 0 saturated carbocycles. The highest BCUT2D eigenvalue weighted by Crippen LogP contribution is 2.50. The Kier molecular flexibility index (Phi) is 7.18. The Morgan fingerprint density at radius 1 is 0.688 bits per heavy atom. The number of anilines is 3. The standard InChI is InChI=1S/C45H37N3/c1-5-14-38-39-29-32(22-27-43(39)48(42(38)6-2)33-15-8-7-9-16-33)31-20-23-34(24-21-31)47(44-19-12-13-28-46-44)35-25-26-37-36-17-10-11-18-40(36)45(3,4)41(37)30-35/h5-30H,2H2,1,3-4H3/b14-5-. The van der Waals surface area contributed by atoms with Crippen LogP contribution in [0.4, 0.5) is 17.2 Å². The summed E-state index contributed by atoms with van der Waals surface area (Å²) in [7, 11) is 0. The maximum atomic E-state index is 4.80. The second-order valence-corrected chi connectivity index (χ2v) is 12.9. The number of hydrogen-bond donors (Lipinski definition) is 0. The van der Waals surface area contributed by atoms with Crippen LogP contribution in [0.5, 0.6) is 0 Å². The molecule has 2 heterocycles. The predicted octanol–water partition coefficient (Wildman–Crippen LogP) is 12.1. The molecule has 0 amide bonds. The van der Waals surface area contributed by atoms with E-state index in [1.165, 1.54) is 38.8 Å². The lowest BCUT2D eigenvalue weighted by atomic mass is 9.82. The van der Waals surface area contributed by atoms with Crippen molar-refractivity contribution in [3.8, 4) is 27.9 Å². The molecule has 5 aromatic carbocycles. The minimum Gasteiger partial charge on any atom is -0.309 e. The summed E-state index contributed by atoms with van der Waals surface area (Å²) in [4.78, 5) is 7.05. The summed E-state index contributed by atoms with van der Waals surface area (Å²) in [5, 5.41) is 1.20. The molecule has 232 valence electrons. The Balaban J connectivity index is 1.21. The maximum Gasteiger partial charge on any atom is 0.137 e. The predicted molar refractivity (Wildman–Crippen MR) is 204 cm³/mol. The third-order valence-corrected chi connectivity index (χ3v) is 9.75. The first kappa shape index (κ1) is 29.5. The molecular formula is C45H37N3. The molecule has 2 aromatic heterocycles. The minimum atomic E-state index is -0.0863. The first-order valence-electron chi connectivity index (χ1n) is 16.5. The van der Waals surface area contributed by atoms with Gasteiger partial charge in [-0.1, -0.05) is 105 Å². The lowest BCUT2D eigenvalue weighted by molar-refractivity contribution is 0.660. The average Bonchev–Trinajstić information content (AvgIpc) is 3.57. The van der Waals surface area contributed by atoms with Crippen LogP contribution in [-0.4, -0.2) is 9.55 Å². The fraction of sp³-hybridized carbons (Fsp3) is 0.0889. The SMILES string of the molecule is C=Cc1c(/C=C\C)c2cc(-c3ccc(N(c4ccc5c(c4)C(C)(C)c4ccccc4-5)c4ccccn4)cc3)ccc2n1-c1ccccc1. The second-order valence-electron chi connectivity index (χ2n) is 12.9. The zero-order valence-corrected chi connectivity index (χ0v) is 27.6.